The van der Waals surface area contributed by atoms with E-state index in [0.29, 0.717) is 19.4 Å². The number of aliphatic carboxylic acids is 1. The van der Waals surface area contributed by atoms with Crippen molar-refractivity contribution >= 4 is 11.9 Å². The zero-order valence-corrected chi connectivity index (χ0v) is 13.3. The van der Waals surface area contributed by atoms with E-state index in [1.165, 1.54) is 0 Å². The number of nitrogens with zero attached hydrogens (tertiary/aromatic N) is 2. The van der Waals surface area contributed by atoms with Gasteiger partial charge in [0.2, 0.25) is 5.91 Å². The lowest BCUT2D eigenvalue weighted by Crippen LogP contribution is -2.46. The molecule has 1 aromatic heterocycles. The van der Waals surface area contributed by atoms with Crippen molar-refractivity contribution in [3.8, 4) is 0 Å². The Hall–Kier alpha value is -2.69. The quantitative estimate of drug-likeness (QED) is 0.918. The van der Waals surface area contributed by atoms with E-state index < -0.39 is 17.9 Å². The van der Waals surface area contributed by atoms with Crippen LogP contribution in [-0.4, -0.2) is 33.4 Å². The molecule has 0 unspecified atom stereocenters. The number of hydrogen-bond acceptors (Lipinski definition) is 3. The highest BCUT2D eigenvalue weighted by molar-refractivity contribution is 5.81. The summed E-state index contributed by atoms with van der Waals surface area (Å²) in [5.41, 5.74) is 1.77. The van der Waals surface area contributed by atoms with Gasteiger partial charge in [0, 0.05) is 31.3 Å². The Kier molecular flexibility index (Phi) is 4.89. The Bertz CT molecular complexity index is 703. The van der Waals surface area contributed by atoms with Crippen molar-refractivity contribution in [2.45, 2.75) is 25.3 Å². The van der Waals surface area contributed by atoms with Crippen molar-refractivity contribution in [2.24, 2.45) is 5.92 Å². The molecule has 5 nitrogen and oxygen atoms in total. The topological polar surface area (TPSA) is 70.5 Å². The Labute approximate surface area is 140 Å². The van der Waals surface area contributed by atoms with Crippen LogP contribution in [0, 0.1) is 5.92 Å². The summed E-state index contributed by atoms with van der Waals surface area (Å²) < 4.78 is 0. The highest BCUT2D eigenvalue weighted by Gasteiger charge is 2.40. The molecular formula is C19H20N2O3. The van der Waals surface area contributed by atoms with Crippen molar-refractivity contribution in [2.75, 3.05) is 6.54 Å². The molecule has 0 aliphatic carbocycles. The van der Waals surface area contributed by atoms with Crippen LogP contribution in [0.15, 0.2) is 54.7 Å². The number of carboxylic acids is 1. The van der Waals surface area contributed by atoms with Crippen molar-refractivity contribution in [1.29, 1.82) is 0 Å². The van der Waals surface area contributed by atoms with Crippen LogP contribution in [-0.2, 0) is 16.0 Å². The van der Waals surface area contributed by atoms with Crippen LogP contribution >= 0.6 is 0 Å². The van der Waals surface area contributed by atoms with Crippen molar-refractivity contribution in [1.82, 2.24) is 9.88 Å². The summed E-state index contributed by atoms with van der Waals surface area (Å²) in [7, 11) is 0. The first-order valence-electron chi connectivity index (χ1n) is 8.14. The maximum Gasteiger partial charge on any atom is 0.308 e. The third-order valence-corrected chi connectivity index (χ3v) is 4.50. The molecule has 5 heteroatoms. The number of carbonyl (C=O) groups is 2. The van der Waals surface area contributed by atoms with E-state index in [1.807, 2.05) is 48.5 Å². The number of benzene rings is 1. The average molecular weight is 324 g/mol. The molecule has 1 saturated heterocycles. The van der Waals surface area contributed by atoms with E-state index >= 15 is 0 Å². The lowest BCUT2D eigenvalue weighted by Gasteiger charge is -2.39. The van der Waals surface area contributed by atoms with Crippen LogP contribution in [0.4, 0.5) is 0 Å². The van der Waals surface area contributed by atoms with Crippen LogP contribution in [0.1, 0.15) is 30.1 Å². The second-order valence-corrected chi connectivity index (χ2v) is 6.00. The summed E-state index contributed by atoms with van der Waals surface area (Å²) in [5.74, 6) is -1.41. The van der Waals surface area contributed by atoms with Gasteiger partial charge in [0.1, 0.15) is 0 Å². The van der Waals surface area contributed by atoms with Gasteiger partial charge in [0.15, 0.2) is 0 Å². The largest absolute Gasteiger partial charge is 0.481 e. The summed E-state index contributed by atoms with van der Waals surface area (Å²) in [6.07, 6.45) is 3.00. The van der Waals surface area contributed by atoms with E-state index in [9.17, 15) is 14.7 Å². The van der Waals surface area contributed by atoms with Gasteiger partial charge in [-0.05, 0) is 24.1 Å². The SMILES string of the molecule is O=C(O)[C@@H]1CCC(=O)N(CCc2ccccn2)[C@@H]1c1ccccc1. The van der Waals surface area contributed by atoms with Gasteiger partial charge < -0.3 is 10.0 Å². The van der Waals surface area contributed by atoms with Gasteiger partial charge in [-0.1, -0.05) is 36.4 Å². The Balaban J connectivity index is 1.87. The van der Waals surface area contributed by atoms with Crippen LogP contribution in [0.25, 0.3) is 0 Å². The van der Waals surface area contributed by atoms with Gasteiger partial charge >= 0.3 is 5.97 Å². The first kappa shape index (κ1) is 16.2. The van der Waals surface area contributed by atoms with E-state index in [1.54, 1.807) is 11.1 Å². The average Bonchev–Trinajstić information content (AvgIpc) is 2.61. The number of carboxylic acid groups (broad SMARTS) is 1. The predicted octanol–water partition coefficient (Wildman–Crippen LogP) is 2.69. The summed E-state index contributed by atoms with van der Waals surface area (Å²) in [6, 6.07) is 14.7. The van der Waals surface area contributed by atoms with Crippen LogP contribution in [0.2, 0.25) is 0 Å². The van der Waals surface area contributed by atoms with Crippen LogP contribution < -0.4 is 0 Å². The second kappa shape index (κ2) is 7.25. The maximum absolute atomic E-state index is 12.5. The normalized spacial score (nSPS) is 20.8. The zero-order valence-electron chi connectivity index (χ0n) is 13.3. The number of amides is 1. The molecule has 1 fully saturated rings. The molecule has 2 heterocycles. The first-order chi connectivity index (χ1) is 11.7. The molecule has 1 aromatic carbocycles. The molecule has 2 aromatic rings. The number of hydrogen-bond donors (Lipinski definition) is 1. The highest BCUT2D eigenvalue weighted by atomic mass is 16.4. The number of rotatable bonds is 5. The predicted molar refractivity (Wildman–Crippen MR) is 89.2 cm³/mol. The molecule has 1 aliphatic heterocycles. The van der Waals surface area contributed by atoms with Crippen molar-refractivity contribution < 1.29 is 14.7 Å². The molecule has 0 saturated carbocycles. The summed E-state index contributed by atoms with van der Waals surface area (Å²) >= 11 is 0. The summed E-state index contributed by atoms with van der Waals surface area (Å²) in [6.45, 7) is 0.471. The molecule has 24 heavy (non-hydrogen) atoms. The summed E-state index contributed by atoms with van der Waals surface area (Å²) in [5, 5.41) is 9.61. The number of aromatic nitrogens is 1. The fourth-order valence-electron chi connectivity index (χ4n) is 3.32. The van der Waals surface area contributed by atoms with E-state index in [4.69, 9.17) is 0 Å². The fraction of sp³-hybridized carbons (Fsp3) is 0.316. The molecule has 0 radical (unpaired) electrons. The maximum atomic E-state index is 12.5. The molecule has 1 amide bonds. The third kappa shape index (κ3) is 3.45. The van der Waals surface area contributed by atoms with Crippen molar-refractivity contribution in [3.63, 3.8) is 0 Å². The minimum absolute atomic E-state index is 0.0114. The minimum Gasteiger partial charge on any atom is -0.481 e. The molecule has 0 spiro atoms. The number of carbonyl (C=O) groups excluding carboxylic acids is 1. The monoisotopic (exact) mass is 324 g/mol. The third-order valence-electron chi connectivity index (χ3n) is 4.50. The highest BCUT2D eigenvalue weighted by Crippen LogP contribution is 2.36. The number of piperidine rings is 1. The zero-order chi connectivity index (χ0) is 16.9. The molecule has 1 aliphatic rings. The Morgan fingerprint density at radius 3 is 2.58 bits per heavy atom. The fourth-order valence-corrected chi connectivity index (χ4v) is 3.32. The smallest absolute Gasteiger partial charge is 0.308 e. The Morgan fingerprint density at radius 1 is 1.17 bits per heavy atom. The lowest BCUT2D eigenvalue weighted by molar-refractivity contribution is -0.152. The first-order valence-corrected chi connectivity index (χ1v) is 8.14. The standard InChI is InChI=1S/C19H20N2O3/c22-17-10-9-16(19(23)24)18(14-6-2-1-3-7-14)21(17)13-11-15-8-4-5-12-20-15/h1-8,12,16,18H,9-11,13H2,(H,23,24)/t16-,18-/m1/s1. The molecule has 1 N–H and O–H groups in total. The lowest BCUT2D eigenvalue weighted by atomic mass is 9.84. The van der Waals surface area contributed by atoms with Gasteiger partial charge in [-0.15, -0.1) is 0 Å². The van der Waals surface area contributed by atoms with Gasteiger partial charge in [-0.2, -0.15) is 0 Å². The van der Waals surface area contributed by atoms with E-state index in [2.05, 4.69) is 4.98 Å². The van der Waals surface area contributed by atoms with Crippen LogP contribution in [0.5, 0.6) is 0 Å². The Morgan fingerprint density at radius 2 is 1.92 bits per heavy atom. The van der Waals surface area contributed by atoms with Crippen molar-refractivity contribution in [3.05, 3.63) is 66.0 Å². The number of likely N-dealkylation sites (tertiary alicyclic amines) is 1. The van der Waals surface area contributed by atoms with Gasteiger partial charge in [-0.3, -0.25) is 14.6 Å². The van der Waals surface area contributed by atoms with Crippen LogP contribution in [0.3, 0.4) is 0 Å². The molecular weight excluding hydrogens is 304 g/mol. The molecule has 124 valence electrons. The molecule has 3 rings (SSSR count). The van der Waals surface area contributed by atoms with Gasteiger partial charge in [0.25, 0.3) is 0 Å². The van der Waals surface area contributed by atoms with Gasteiger partial charge in [-0.25, -0.2) is 0 Å². The van der Waals surface area contributed by atoms with E-state index in [0.717, 1.165) is 11.3 Å². The molecule has 0 bridgehead atoms. The minimum atomic E-state index is -0.848. The van der Waals surface area contributed by atoms with E-state index in [-0.39, 0.29) is 12.3 Å². The van der Waals surface area contributed by atoms with Gasteiger partial charge in [0.05, 0.1) is 12.0 Å². The second-order valence-electron chi connectivity index (χ2n) is 6.00. The number of pyridine rings is 1. The summed E-state index contributed by atoms with van der Waals surface area (Å²) in [4.78, 5) is 30.2. The molecule has 2 atom stereocenters.